The zero-order chi connectivity index (χ0) is 15.8. The van der Waals surface area contributed by atoms with Crippen LogP contribution in [0.5, 0.6) is 5.75 Å². The molecule has 0 aromatic heterocycles. The third-order valence-electron chi connectivity index (χ3n) is 3.22. The second-order valence-corrected chi connectivity index (χ2v) is 5.11. The van der Waals surface area contributed by atoms with Crippen LogP contribution >= 0.6 is 0 Å². The number of phenols is 1. The number of carbonyl (C=O) groups excluding carboxylic acids is 1. The third kappa shape index (κ3) is 5.22. The Kier molecular flexibility index (Phi) is 5.98. The summed E-state index contributed by atoms with van der Waals surface area (Å²) in [5.74, 6) is -0.00752. The van der Waals surface area contributed by atoms with Crippen LogP contribution in [-0.4, -0.2) is 29.1 Å². The van der Waals surface area contributed by atoms with Crippen molar-refractivity contribution in [2.24, 2.45) is 0 Å². The van der Waals surface area contributed by atoms with Gasteiger partial charge in [-0.3, -0.25) is 9.69 Å². The molecule has 2 aromatic rings. The highest BCUT2D eigenvalue weighted by Crippen LogP contribution is 2.15. The number of hydrogen-bond donors (Lipinski definition) is 1. The van der Waals surface area contributed by atoms with Crippen LogP contribution in [0.25, 0.3) is 0 Å². The number of aromatic hydroxyl groups is 1. The fraction of sp³-hybridized carbons (Fsp3) is 0.278. The number of benzene rings is 2. The van der Waals surface area contributed by atoms with Crippen LogP contribution in [0, 0.1) is 0 Å². The van der Waals surface area contributed by atoms with Crippen LogP contribution in [0.3, 0.4) is 0 Å². The first kappa shape index (κ1) is 16.0. The molecule has 22 heavy (non-hydrogen) atoms. The first-order valence-electron chi connectivity index (χ1n) is 7.37. The fourth-order valence-corrected chi connectivity index (χ4v) is 2.31. The zero-order valence-electron chi connectivity index (χ0n) is 12.7. The van der Waals surface area contributed by atoms with Gasteiger partial charge in [-0.15, -0.1) is 0 Å². The van der Waals surface area contributed by atoms with E-state index in [1.54, 1.807) is 25.1 Å². The summed E-state index contributed by atoms with van der Waals surface area (Å²) >= 11 is 0. The van der Waals surface area contributed by atoms with E-state index in [9.17, 15) is 9.90 Å². The van der Waals surface area contributed by atoms with Crippen molar-refractivity contribution < 1.29 is 14.6 Å². The van der Waals surface area contributed by atoms with Crippen LogP contribution in [0.2, 0.25) is 0 Å². The summed E-state index contributed by atoms with van der Waals surface area (Å²) < 4.78 is 5.04. The van der Waals surface area contributed by atoms with Crippen molar-refractivity contribution in [2.45, 2.75) is 20.0 Å². The predicted molar refractivity (Wildman–Crippen MR) is 85.3 cm³/mol. The molecule has 0 saturated heterocycles. The molecule has 4 heteroatoms. The Bertz CT molecular complexity index is 598. The summed E-state index contributed by atoms with van der Waals surface area (Å²) in [4.78, 5) is 13.8. The molecule has 2 aromatic carbocycles. The molecular weight excluding hydrogens is 278 g/mol. The van der Waals surface area contributed by atoms with Crippen LogP contribution in [0.4, 0.5) is 0 Å². The van der Waals surface area contributed by atoms with Crippen molar-refractivity contribution in [1.82, 2.24) is 4.90 Å². The summed E-state index contributed by atoms with van der Waals surface area (Å²) in [7, 11) is 0. The van der Waals surface area contributed by atoms with Gasteiger partial charge in [0.1, 0.15) is 5.75 Å². The highest BCUT2D eigenvalue weighted by Gasteiger charge is 2.13. The van der Waals surface area contributed by atoms with E-state index in [-0.39, 0.29) is 18.3 Å². The summed E-state index contributed by atoms with van der Waals surface area (Å²) in [6, 6.07) is 17.1. The van der Waals surface area contributed by atoms with E-state index >= 15 is 0 Å². The number of hydrogen-bond acceptors (Lipinski definition) is 4. The standard InChI is InChI=1S/C18H21NO3/c1-2-22-18(21)14-19(12-15-7-4-3-5-8-15)13-16-9-6-10-17(20)11-16/h3-11,20H,2,12-14H2,1H3. The van der Waals surface area contributed by atoms with Gasteiger partial charge in [0.05, 0.1) is 13.2 Å². The quantitative estimate of drug-likeness (QED) is 0.799. The van der Waals surface area contributed by atoms with Crippen molar-refractivity contribution in [3.8, 4) is 5.75 Å². The van der Waals surface area contributed by atoms with Crippen LogP contribution in [0.15, 0.2) is 54.6 Å². The lowest BCUT2D eigenvalue weighted by Gasteiger charge is -2.21. The van der Waals surface area contributed by atoms with Crippen molar-refractivity contribution >= 4 is 5.97 Å². The first-order valence-corrected chi connectivity index (χ1v) is 7.37. The Morgan fingerprint density at radius 1 is 1.05 bits per heavy atom. The molecule has 116 valence electrons. The Balaban J connectivity index is 2.08. The summed E-state index contributed by atoms with van der Waals surface area (Å²) in [6.07, 6.45) is 0. The van der Waals surface area contributed by atoms with E-state index in [4.69, 9.17) is 4.74 Å². The second-order valence-electron chi connectivity index (χ2n) is 5.11. The lowest BCUT2D eigenvalue weighted by molar-refractivity contribution is -0.144. The van der Waals surface area contributed by atoms with E-state index < -0.39 is 0 Å². The van der Waals surface area contributed by atoms with E-state index in [2.05, 4.69) is 0 Å². The van der Waals surface area contributed by atoms with Crippen molar-refractivity contribution in [3.05, 3.63) is 65.7 Å². The molecule has 0 aliphatic rings. The maximum atomic E-state index is 11.8. The van der Waals surface area contributed by atoms with Gasteiger partial charge in [0.25, 0.3) is 0 Å². The van der Waals surface area contributed by atoms with Crippen molar-refractivity contribution in [2.75, 3.05) is 13.2 Å². The van der Waals surface area contributed by atoms with Crippen molar-refractivity contribution in [1.29, 1.82) is 0 Å². The number of rotatable bonds is 7. The predicted octanol–water partition coefficient (Wildman–Crippen LogP) is 2.96. The minimum Gasteiger partial charge on any atom is -0.508 e. The number of phenolic OH excluding ortho intramolecular Hbond substituents is 1. The minimum atomic E-state index is -0.237. The van der Waals surface area contributed by atoms with Gasteiger partial charge in [-0.1, -0.05) is 42.5 Å². The number of ether oxygens (including phenoxy) is 1. The van der Waals surface area contributed by atoms with Crippen LogP contribution in [0.1, 0.15) is 18.1 Å². The number of carbonyl (C=O) groups is 1. The molecule has 2 rings (SSSR count). The topological polar surface area (TPSA) is 49.8 Å². The molecule has 4 nitrogen and oxygen atoms in total. The Morgan fingerprint density at radius 2 is 1.73 bits per heavy atom. The molecule has 0 radical (unpaired) electrons. The molecule has 0 amide bonds. The van der Waals surface area contributed by atoms with Gasteiger partial charge in [-0.2, -0.15) is 0 Å². The average molecular weight is 299 g/mol. The molecule has 0 aliphatic carbocycles. The molecule has 0 saturated carbocycles. The SMILES string of the molecule is CCOC(=O)CN(Cc1ccccc1)Cc1cccc(O)c1. The van der Waals surface area contributed by atoms with Gasteiger partial charge in [-0.05, 0) is 30.2 Å². The van der Waals surface area contributed by atoms with Crippen LogP contribution in [-0.2, 0) is 22.6 Å². The van der Waals surface area contributed by atoms with Gasteiger partial charge in [0.15, 0.2) is 0 Å². The van der Waals surface area contributed by atoms with Gasteiger partial charge < -0.3 is 9.84 Å². The Hall–Kier alpha value is -2.33. The molecule has 0 heterocycles. The molecule has 0 unspecified atom stereocenters. The van der Waals surface area contributed by atoms with Gasteiger partial charge in [-0.25, -0.2) is 0 Å². The lowest BCUT2D eigenvalue weighted by atomic mass is 10.1. The molecule has 0 fully saturated rings. The Labute approximate surface area is 131 Å². The molecule has 0 bridgehead atoms. The number of nitrogens with zero attached hydrogens (tertiary/aromatic N) is 1. The highest BCUT2D eigenvalue weighted by molar-refractivity contribution is 5.71. The smallest absolute Gasteiger partial charge is 0.320 e. The molecule has 0 spiro atoms. The van der Waals surface area contributed by atoms with E-state index in [0.29, 0.717) is 19.7 Å². The monoisotopic (exact) mass is 299 g/mol. The third-order valence-corrected chi connectivity index (χ3v) is 3.22. The van der Waals surface area contributed by atoms with Gasteiger partial charge >= 0.3 is 5.97 Å². The molecule has 0 aliphatic heterocycles. The Morgan fingerprint density at radius 3 is 2.41 bits per heavy atom. The molecular formula is C18H21NO3. The van der Waals surface area contributed by atoms with E-state index in [0.717, 1.165) is 11.1 Å². The zero-order valence-corrected chi connectivity index (χ0v) is 12.7. The first-order chi connectivity index (χ1) is 10.7. The van der Waals surface area contributed by atoms with E-state index in [1.165, 1.54) is 0 Å². The van der Waals surface area contributed by atoms with Crippen LogP contribution < -0.4 is 0 Å². The normalized spacial score (nSPS) is 10.6. The van der Waals surface area contributed by atoms with Crippen molar-refractivity contribution in [3.63, 3.8) is 0 Å². The highest BCUT2D eigenvalue weighted by atomic mass is 16.5. The lowest BCUT2D eigenvalue weighted by Crippen LogP contribution is -2.30. The van der Waals surface area contributed by atoms with E-state index in [1.807, 2.05) is 41.3 Å². The summed E-state index contributed by atoms with van der Waals surface area (Å²) in [5, 5.41) is 9.57. The number of esters is 1. The minimum absolute atomic E-state index is 0.221. The van der Waals surface area contributed by atoms with Gasteiger partial charge in [0.2, 0.25) is 0 Å². The maximum absolute atomic E-state index is 11.8. The second kappa shape index (κ2) is 8.20. The maximum Gasteiger partial charge on any atom is 0.320 e. The molecule has 1 N–H and O–H groups in total. The van der Waals surface area contributed by atoms with Gasteiger partial charge in [0, 0.05) is 13.1 Å². The largest absolute Gasteiger partial charge is 0.508 e. The molecule has 0 atom stereocenters. The fourth-order valence-electron chi connectivity index (χ4n) is 2.31. The summed E-state index contributed by atoms with van der Waals surface area (Å²) in [5.41, 5.74) is 2.09. The summed E-state index contributed by atoms with van der Waals surface area (Å²) in [6.45, 7) is 3.62. The average Bonchev–Trinajstić information content (AvgIpc) is 2.48.